The van der Waals surface area contributed by atoms with E-state index in [9.17, 15) is 0 Å². The summed E-state index contributed by atoms with van der Waals surface area (Å²) in [4.78, 5) is 0. The molecule has 1 aromatic heterocycles. The van der Waals surface area contributed by atoms with Gasteiger partial charge in [-0.3, -0.25) is 4.68 Å². The highest BCUT2D eigenvalue weighted by Gasteiger charge is 2.23. The maximum atomic E-state index is 6.08. The van der Waals surface area contributed by atoms with Gasteiger partial charge in [0.15, 0.2) is 0 Å². The van der Waals surface area contributed by atoms with Gasteiger partial charge in [-0.25, -0.2) is 0 Å². The molecule has 13 heavy (non-hydrogen) atoms. The Kier molecular flexibility index (Phi) is 2.36. The molecule has 0 spiro atoms. The highest BCUT2D eigenvalue weighted by molar-refractivity contribution is 5.14. The Balaban J connectivity index is 2.14. The predicted molar refractivity (Wildman–Crippen MR) is 52.4 cm³/mol. The quantitative estimate of drug-likeness (QED) is 0.708. The van der Waals surface area contributed by atoms with Crippen LogP contribution in [0.3, 0.4) is 0 Å². The van der Waals surface area contributed by atoms with E-state index in [4.69, 9.17) is 5.73 Å². The van der Waals surface area contributed by atoms with E-state index in [0.717, 1.165) is 0 Å². The zero-order valence-corrected chi connectivity index (χ0v) is 8.11. The molecule has 1 saturated carbocycles. The van der Waals surface area contributed by atoms with Gasteiger partial charge >= 0.3 is 0 Å². The maximum Gasteiger partial charge on any atom is 0.0525 e. The van der Waals surface area contributed by atoms with E-state index in [1.165, 1.54) is 31.2 Å². The van der Waals surface area contributed by atoms with Crippen molar-refractivity contribution in [3.8, 4) is 0 Å². The molecule has 1 aromatic rings. The van der Waals surface area contributed by atoms with Gasteiger partial charge in [0.2, 0.25) is 0 Å². The summed E-state index contributed by atoms with van der Waals surface area (Å²) in [6.07, 6.45) is 9.04. The first-order valence-corrected chi connectivity index (χ1v) is 5.01. The molecule has 0 aromatic carbocycles. The average molecular weight is 179 g/mol. The third-order valence-corrected chi connectivity index (χ3v) is 2.97. The normalized spacial score (nSPS) is 29.1. The van der Waals surface area contributed by atoms with Crippen LogP contribution in [-0.4, -0.2) is 15.8 Å². The summed E-state index contributed by atoms with van der Waals surface area (Å²) < 4.78 is 1.86. The van der Waals surface area contributed by atoms with E-state index in [2.05, 4.69) is 11.3 Å². The number of nitrogens with two attached hydrogens (primary N) is 1. The molecule has 3 nitrogen and oxygen atoms in total. The van der Waals surface area contributed by atoms with Crippen LogP contribution < -0.4 is 5.73 Å². The summed E-state index contributed by atoms with van der Waals surface area (Å²) >= 11 is 0. The lowest BCUT2D eigenvalue weighted by Crippen LogP contribution is -2.31. The van der Waals surface area contributed by atoms with E-state index in [1.807, 2.05) is 17.9 Å². The van der Waals surface area contributed by atoms with Gasteiger partial charge in [0.1, 0.15) is 0 Å². The van der Waals surface area contributed by atoms with Crippen LogP contribution in [0.25, 0.3) is 0 Å². The van der Waals surface area contributed by atoms with Gasteiger partial charge in [0.05, 0.1) is 6.20 Å². The second kappa shape index (κ2) is 3.50. The minimum atomic E-state index is 0.345. The Labute approximate surface area is 78.9 Å². The molecule has 1 heterocycles. The summed E-state index contributed by atoms with van der Waals surface area (Å²) in [5.41, 5.74) is 7.40. The van der Waals surface area contributed by atoms with Gasteiger partial charge in [-0.15, -0.1) is 0 Å². The smallest absolute Gasteiger partial charge is 0.0525 e. The van der Waals surface area contributed by atoms with Crippen LogP contribution >= 0.6 is 0 Å². The first kappa shape index (κ1) is 8.75. The van der Waals surface area contributed by atoms with E-state index >= 15 is 0 Å². The second-order valence-electron chi connectivity index (χ2n) is 4.00. The van der Waals surface area contributed by atoms with Crippen molar-refractivity contribution < 1.29 is 0 Å². The molecule has 0 amide bonds. The van der Waals surface area contributed by atoms with E-state index in [0.29, 0.717) is 12.0 Å². The van der Waals surface area contributed by atoms with Gasteiger partial charge in [-0.2, -0.15) is 5.10 Å². The standard InChI is InChI=1S/C10H17N3/c1-13-7-8(6-12-13)9-4-2-3-5-10(9)11/h6-7,9-10H,2-5,11H2,1H3. The molecule has 2 unspecified atom stereocenters. The van der Waals surface area contributed by atoms with Crippen LogP contribution in [-0.2, 0) is 7.05 Å². The van der Waals surface area contributed by atoms with Crippen molar-refractivity contribution in [3.63, 3.8) is 0 Å². The molecule has 1 aliphatic carbocycles. The Morgan fingerprint density at radius 2 is 2.23 bits per heavy atom. The minimum absolute atomic E-state index is 0.345. The fourth-order valence-corrected chi connectivity index (χ4v) is 2.21. The first-order chi connectivity index (χ1) is 6.27. The third-order valence-electron chi connectivity index (χ3n) is 2.97. The topological polar surface area (TPSA) is 43.8 Å². The highest BCUT2D eigenvalue weighted by atomic mass is 15.2. The first-order valence-electron chi connectivity index (χ1n) is 5.01. The summed E-state index contributed by atoms with van der Waals surface area (Å²) in [6.45, 7) is 0. The lowest BCUT2D eigenvalue weighted by Gasteiger charge is -2.27. The lowest BCUT2D eigenvalue weighted by atomic mass is 9.82. The number of hydrogen-bond donors (Lipinski definition) is 1. The fourth-order valence-electron chi connectivity index (χ4n) is 2.21. The van der Waals surface area contributed by atoms with Gasteiger partial charge in [0.25, 0.3) is 0 Å². The van der Waals surface area contributed by atoms with Crippen molar-refractivity contribution in [2.75, 3.05) is 0 Å². The molecule has 0 bridgehead atoms. The molecule has 2 N–H and O–H groups in total. The van der Waals surface area contributed by atoms with Crippen LogP contribution in [0.1, 0.15) is 37.2 Å². The molecule has 2 atom stereocenters. The van der Waals surface area contributed by atoms with Gasteiger partial charge in [-0.05, 0) is 18.4 Å². The summed E-state index contributed by atoms with van der Waals surface area (Å²) in [5.74, 6) is 0.544. The molecular formula is C10H17N3. The van der Waals surface area contributed by atoms with Crippen LogP contribution in [0.15, 0.2) is 12.4 Å². The fraction of sp³-hybridized carbons (Fsp3) is 0.700. The maximum absolute atomic E-state index is 6.08. The Bertz CT molecular complexity index is 279. The molecule has 2 rings (SSSR count). The molecular weight excluding hydrogens is 162 g/mol. The monoisotopic (exact) mass is 179 g/mol. The molecule has 0 saturated heterocycles. The van der Waals surface area contributed by atoms with Crippen molar-refractivity contribution in [1.29, 1.82) is 0 Å². The Morgan fingerprint density at radius 1 is 1.46 bits per heavy atom. The molecule has 0 radical (unpaired) electrons. The van der Waals surface area contributed by atoms with Crippen molar-refractivity contribution >= 4 is 0 Å². The Morgan fingerprint density at radius 3 is 2.85 bits per heavy atom. The van der Waals surface area contributed by atoms with Crippen molar-refractivity contribution in [2.24, 2.45) is 12.8 Å². The van der Waals surface area contributed by atoms with E-state index in [-0.39, 0.29) is 0 Å². The van der Waals surface area contributed by atoms with Gasteiger partial charge in [0, 0.05) is 25.2 Å². The average Bonchev–Trinajstić information content (AvgIpc) is 2.53. The molecule has 1 fully saturated rings. The SMILES string of the molecule is Cn1cc(C2CCCCC2N)cn1. The van der Waals surface area contributed by atoms with Crippen LogP contribution in [0.2, 0.25) is 0 Å². The van der Waals surface area contributed by atoms with Crippen LogP contribution in [0.4, 0.5) is 0 Å². The lowest BCUT2D eigenvalue weighted by molar-refractivity contribution is 0.385. The summed E-state index contributed by atoms with van der Waals surface area (Å²) in [6, 6.07) is 0.345. The van der Waals surface area contributed by atoms with E-state index < -0.39 is 0 Å². The third kappa shape index (κ3) is 1.75. The number of rotatable bonds is 1. The number of hydrogen-bond acceptors (Lipinski definition) is 2. The van der Waals surface area contributed by atoms with Crippen LogP contribution in [0, 0.1) is 0 Å². The largest absolute Gasteiger partial charge is 0.327 e. The molecule has 72 valence electrons. The zero-order chi connectivity index (χ0) is 9.26. The zero-order valence-electron chi connectivity index (χ0n) is 8.11. The van der Waals surface area contributed by atoms with Crippen molar-refractivity contribution in [1.82, 2.24) is 9.78 Å². The highest BCUT2D eigenvalue weighted by Crippen LogP contribution is 2.31. The predicted octanol–water partition coefficient (Wildman–Crippen LogP) is 1.41. The second-order valence-corrected chi connectivity index (χ2v) is 4.00. The molecule has 3 heteroatoms. The molecule has 1 aliphatic rings. The van der Waals surface area contributed by atoms with E-state index in [1.54, 1.807) is 0 Å². The van der Waals surface area contributed by atoms with Crippen LogP contribution in [0.5, 0.6) is 0 Å². The van der Waals surface area contributed by atoms with Crippen molar-refractivity contribution in [3.05, 3.63) is 18.0 Å². The van der Waals surface area contributed by atoms with Gasteiger partial charge in [-0.1, -0.05) is 12.8 Å². The van der Waals surface area contributed by atoms with Gasteiger partial charge < -0.3 is 5.73 Å². The summed E-state index contributed by atoms with van der Waals surface area (Å²) in [7, 11) is 1.96. The minimum Gasteiger partial charge on any atom is -0.327 e. The summed E-state index contributed by atoms with van der Waals surface area (Å²) in [5, 5.41) is 4.19. The molecule has 0 aliphatic heterocycles. The van der Waals surface area contributed by atoms with Crippen molar-refractivity contribution in [2.45, 2.75) is 37.6 Å². The number of nitrogens with zero attached hydrogens (tertiary/aromatic N) is 2. The number of aromatic nitrogens is 2. The number of aryl methyl sites for hydroxylation is 1. The Hall–Kier alpha value is -0.830.